The van der Waals surface area contributed by atoms with E-state index in [1.807, 2.05) is 42.5 Å². The van der Waals surface area contributed by atoms with E-state index in [2.05, 4.69) is 16.6 Å². The molecule has 0 fully saturated rings. The van der Waals surface area contributed by atoms with Gasteiger partial charge in [0.1, 0.15) is 24.2 Å². The summed E-state index contributed by atoms with van der Waals surface area (Å²) in [5.74, 6) is 1.34. The number of anilines is 1. The lowest BCUT2D eigenvalue weighted by Crippen LogP contribution is -2.51. The lowest BCUT2D eigenvalue weighted by molar-refractivity contribution is -0.139. The lowest BCUT2D eigenvalue weighted by atomic mass is 9.97. The van der Waals surface area contributed by atoms with Gasteiger partial charge >= 0.3 is 6.09 Å². The Morgan fingerprint density at radius 3 is 2.34 bits per heavy atom. The summed E-state index contributed by atoms with van der Waals surface area (Å²) in [6.07, 6.45) is 4.92. The molecule has 0 aromatic heterocycles. The molecule has 194 valence electrons. The van der Waals surface area contributed by atoms with Crippen molar-refractivity contribution in [3.8, 4) is 18.4 Å². The van der Waals surface area contributed by atoms with E-state index in [0.29, 0.717) is 16.8 Å². The fraction of sp³-hybridized carbons (Fsp3) is 0.267. The van der Waals surface area contributed by atoms with Crippen LogP contribution >= 0.6 is 0 Å². The molecule has 0 heterocycles. The third-order valence-corrected chi connectivity index (χ3v) is 5.62. The van der Waals surface area contributed by atoms with Crippen molar-refractivity contribution < 1.29 is 19.1 Å². The minimum Gasteiger partial charge on any atom is -0.444 e. The van der Waals surface area contributed by atoms with Crippen molar-refractivity contribution in [1.82, 2.24) is 10.2 Å². The summed E-state index contributed by atoms with van der Waals surface area (Å²) in [6.45, 7) is 6.14. The van der Waals surface area contributed by atoms with Crippen LogP contribution in [0.3, 0.4) is 0 Å². The van der Waals surface area contributed by atoms with Crippen LogP contribution in [0.25, 0.3) is 10.8 Å². The largest absolute Gasteiger partial charge is 0.444 e. The van der Waals surface area contributed by atoms with Crippen LogP contribution in [0.5, 0.6) is 0 Å². The van der Waals surface area contributed by atoms with Crippen LogP contribution < -0.4 is 10.6 Å². The third-order valence-electron chi connectivity index (χ3n) is 5.62. The Kier molecular flexibility index (Phi) is 8.73. The number of fused-ring (bicyclic) bond motifs is 1. The zero-order chi connectivity index (χ0) is 27.9. The first kappa shape index (κ1) is 27.8. The Labute approximate surface area is 222 Å². The molecule has 0 spiro atoms. The molecule has 8 nitrogen and oxygen atoms in total. The molecule has 0 aliphatic carbocycles. The fourth-order valence-corrected chi connectivity index (χ4v) is 3.96. The second kappa shape index (κ2) is 11.9. The SMILES string of the molecule is C#Cc1ccccc1C(C(=O)Nc1ccc2ccccc2c1)N(CC#N)C(=O)C(C)NC(=O)OC(C)(C)C. The topological polar surface area (TPSA) is 112 Å². The summed E-state index contributed by atoms with van der Waals surface area (Å²) in [5, 5.41) is 16.9. The number of nitrogens with one attached hydrogen (secondary N) is 2. The Hall–Kier alpha value is -4.82. The van der Waals surface area contributed by atoms with E-state index >= 15 is 0 Å². The molecule has 38 heavy (non-hydrogen) atoms. The first-order valence-corrected chi connectivity index (χ1v) is 12.1. The quantitative estimate of drug-likeness (QED) is 0.351. The highest BCUT2D eigenvalue weighted by atomic mass is 16.6. The maximum atomic E-state index is 13.8. The number of alkyl carbamates (subject to hydrolysis) is 1. The van der Waals surface area contributed by atoms with Crippen molar-refractivity contribution in [2.75, 3.05) is 11.9 Å². The van der Waals surface area contributed by atoms with Crippen LogP contribution in [0.15, 0.2) is 66.7 Å². The van der Waals surface area contributed by atoms with Gasteiger partial charge in [-0.25, -0.2) is 4.79 Å². The Bertz CT molecular complexity index is 1430. The Balaban J connectivity index is 1.99. The number of hydrogen-bond acceptors (Lipinski definition) is 5. The Morgan fingerprint density at radius 2 is 1.68 bits per heavy atom. The van der Waals surface area contributed by atoms with Crippen molar-refractivity contribution in [3.05, 3.63) is 77.9 Å². The zero-order valence-electron chi connectivity index (χ0n) is 21.8. The molecular formula is C30H30N4O4. The smallest absolute Gasteiger partial charge is 0.408 e. The molecule has 3 amide bonds. The molecule has 2 unspecified atom stereocenters. The summed E-state index contributed by atoms with van der Waals surface area (Å²) >= 11 is 0. The Morgan fingerprint density at radius 1 is 1.03 bits per heavy atom. The van der Waals surface area contributed by atoms with E-state index in [4.69, 9.17) is 11.2 Å². The number of benzene rings is 3. The van der Waals surface area contributed by atoms with Crippen molar-refractivity contribution in [2.24, 2.45) is 0 Å². The van der Waals surface area contributed by atoms with Gasteiger partial charge in [0.25, 0.3) is 5.91 Å². The highest BCUT2D eigenvalue weighted by Crippen LogP contribution is 2.28. The minimum atomic E-state index is -1.25. The van der Waals surface area contributed by atoms with Crippen molar-refractivity contribution in [3.63, 3.8) is 0 Å². The van der Waals surface area contributed by atoms with Gasteiger partial charge in [-0.15, -0.1) is 6.42 Å². The number of carbonyl (C=O) groups excluding carboxylic acids is 3. The molecule has 0 radical (unpaired) electrons. The van der Waals surface area contributed by atoms with Crippen LogP contribution in [-0.2, 0) is 14.3 Å². The molecule has 2 N–H and O–H groups in total. The zero-order valence-corrected chi connectivity index (χ0v) is 21.8. The fourth-order valence-electron chi connectivity index (χ4n) is 3.96. The second-order valence-electron chi connectivity index (χ2n) is 9.68. The van der Waals surface area contributed by atoms with Gasteiger partial charge in [0, 0.05) is 11.3 Å². The molecule has 3 aromatic rings. The van der Waals surface area contributed by atoms with Gasteiger partial charge in [0.05, 0.1) is 6.07 Å². The minimum absolute atomic E-state index is 0.376. The predicted octanol–water partition coefficient (Wildman–Crippen LogP) is 4.77. The molecule has 0 saturated carbocycles. The maximum absolute atomic E-state index is 13.8. The summed E-state index contributed by atoms with van der Waals surface area (Å²) in [4.78, 5) is 40.7. The average molecular weight is 511 g/mol. The molecule has 0 aliphatic heterocycles. The van der Waals surface area contributed by atoms with E-state index in [1.165, 1.54) is 6.92 Å². The lowest BCUT2D eigenvalue weighted by Gasteiger charge is -2.32. The third kappa shape index (κ3) is 6.89. The molecule has 0 aliphatic rings. The van der Waals surface area contributed by atoms with Crippen molar-refractivity contribution >= 4 is 34.4 Å². The number of terminal acetylenes is 1. The van der Waals surface area contributed by atoms with Crippen LogP contribution in [0, 0.1) is 23.7 Å². The van der Waals surface area contributed by atoms with E-state index in [0.717, 1.165) is 15.7 Å². The molecule has 0 bridgehead atoms. The standard InChI is InChI=1S/C30H30N4O4/c1-6-21-11-9-10-14-25(21)26(27(35)33-24-16-15-22-12-7-8-13-23(22)19-24)34(18-17-31)28(36)20(2)32-29(37)38-30(3,4)5/h1,7-16,19-20,26H,18H2,2-5H3,(H,32,37)(H,33,35). The van der Waals surface area contributed by atoms with Crippen molar-refractivity contribution in [1.29, 1.82) is 5.26 Å². The number of carbonyl (C=O) groups is 3. The van der Waals surface area contributed by atoms with Crippen LogP contribution in [0.4, 0.5) is 10.5 Å². The molecule has 2 atom stereocenters. The van der Waals surface area contributed by atoms with Crippen molar-refractivity contribution in [2.45, 2.75) is 45.4 Å². The van der Waals surface area contributed by atoms with Gasteiger partial charge in [-0.1, -0.05) is 54.5 Å². The first-order chi connectivity index (χ1) is 18.0. The second-order valence-corrected chi connectivity index (χ2v) is 9.68. The van der Waals surface area contributed by atoms with E-state index in [9.17, 15) is 19.6 Å². The van der Waals surface area contributed by atoms with Gasteiger partial charge in [0.15, 0.2) is 0 Å². The van der Waals surface area contributed by atoms with Crippen LogP contribution in [0.1, 0.15) is 44.9 Å². The van der Waals surface area contributed by atoms with E-state index < -0.39 is 42.1 Å². The van der Waals surface area contributed by atoms with Crippen LogP contribution in [0.2, 0.25) is 0 Å². The van der Waals surface area contributed by atoms with Gasteiger partial charge in [-0.05, 0) is 62.2 Å². The van der Waals surface area contributed by atoms with Gasteiger partial charge in [-0.3, -0.25) is 9.59 Å². The molecular weight excluding hydrogens is 480 g/mol. The number of rotatable bonds is 7. The summed E-state index contributed by atoms with van der Waals surface area (Å²) < 4.78 is 5.25. The normalized spacial score (nSPS) is 12.4. The summed E-state index contributed by atoms with van der Waals surface area (Å²) in [7, 11) is 0. The highest BCUT2D eigenvalue weighted by Gasteiger charge is 2.35. The molecule has 3 aromatic carbocycles. The molecule has 3 rings (SSSR count). The molecule has 8 heteroatoms. The molecule has 0 saturated heterocycles. The number of hydrogen-bond donors (Lipinski definition) is 2. The number of amides is 3. The maximum Gasteiger partial charge on any atom is 0.408 e. The van der Waals surface area contributed by atoms with Gasteiger partial charge in [-0.2, -0.15) is 5.26 Å². The number of ether oxygens (including phenoxy) is 1. The summed E-state index contributed by atoms with van der Waals surface area (Å²) in [5.41, 5.74) is 0.518. The van der Waals surface area contributed by atoms with Gasteiger partial charge in [0.2, 0.25) is 5.91 Å². The van der Waals surface area contributed by atoms with E-state index in [-0.39, 0.29) is 0 Å². The average Bonchev–Trinajstić information content (AvgIpc) is 2.87. The summed E-state index contributed by atoms with van der Waals surface area (Å²) in [6, 6.07) is 19.5. The monoisotopic (exact) mass is 510 g/mol. The van der Waals surface area contributed by atoms with E-state index in [1.54, 1.807) is 51.1 Å². The number of nitrogens with zero attached hydrogens (tertiary/aromatic N) is 2. The number of nitriles is 1. The van der Waals surface area contributed by atoms with Crippen LogP contribution in [-0.4, -0.2) is 41.0 Å². The predicted molar refractivity (Wildman–Crippen MR) is 146 cm³/mol. The highest BCUT2D eigenvalue weighted by molar-refractivity contribution is 6.00. The van der Waals surface area contributed by atoms with Gasteiger partial charge < -0.3 is 20.3 Å². The first-order valence-electron chi connectivity index (χ1n) is 12.1.